The van der Waals surface area contributed by atoms with Crippen molar-refractivity contribution in [2.45, 2.75) is 20.0 Å². The Morgan fingerprint density at radius 1 is 1.38 bits per heavy atom. The summed E-state index contributed by atoms with van der Waals surface area (Å²) in [5.41, 5.74) is 0.947. The number of nitrogens with zero attached hydrogens (tertiary/aromatic N) is 1. The standard InChI is InChI=1S/C14H14N2O4S/c1-9-5-6-21-12(9)8-15-7-10-3-2-4-11(16(19)20)13(10)14(17)18/h2-6,15H,7-8H2,1H3,(H,17,18). The van der Waals surface area contributed by atoms with E-state index in [9.17, 15) is 20.0 Å². The number of hydrogen-bond donors (Lipinski definition) is 2. The fourth-order valence-electron chi connectivity index (χ4n) is 2.03. The molecule has 0 aliphatic rings. The Labute approximate surface area is 125 Å². The van der Waals surface area contributed by atoms with Gasteiger partial charge in [0.05, 0.1) is 4.92 Å². The van der Waals surface area contributed by atoms with Crippen LogP contribution in [0, 0.1) is 17.0 Å². The van der Waals surface area contributed by atoms with E-state index in [4.69, 9.17) is 0 Å². The van der Waals surface area contributed by atoms with Crippen LogP contribution >= 0.6 is 11.3 Å². The number of carbonyl (C=O) groups is 1. The molecule has 110 valence electrons. The number of aromatic carboxylic acids is 1. The first-order valence-electron chi connectivity index (χ1n) is 6.24. The fourth-order valence-corrected chi connectivity index (χ4v) is 2.90. The molecule has 2 aromatic rings. The third-order valence-corrected chi connectivity index (χ3v) is 4.13. The van der Waals surface area contributed by atoms with Gasteiger partial charge in [-0.25, -0.2) is 4.79 Å². The zero-order valence-corrected chi connectivity index (χ0v) is 12.1. The molecule has 0 amide bonds. The summed E-state index contributed by atoms with van der Waals surface area (Å²) in [4.78, 5) is 22.7. The Hall–Kier alpha value is -2.25. The van der Waals surface area contributed by atoms with Crippen molar-refractivity contribution >= 4 is 23.0 Å². The van der Waals surface area contributed by atoms with Crippen molar-refractivity contribution in [3.05, 3.63) is 61.3 Å². The number of rotatable bonds is 6. The van der Waals surface area contributed by atoms with Gasteiger partial charge in [0, 0.05) is 24.0 Å². The van der Waals surface area contributed by atoms with Gasteiger partial charge in [0.25, 0.3) is 5.69 Å². The Balaban J connectivity index is 2.16. The average molecular weight is 306 g/mol. The van der Waals surface area contributed by atoms with E-state index in [0.29, 0.717) is 12.1 Å². The summed E-state index contributed by atoms with van der Waals surface area (Å²) >= 11 is 1.62. The molecule has 0 saturated heterocycles. The van der Waals surface area contributed by atoms with Gasteiger partial charge in [-0.2, -0.15) is 0 Å². The monoisotopic (exact) mass is 306 g/mol. The highest BCUT2D eigenvalue weighted by atomic mass is 32.1. The predicted molar refractivity (Wildman–Crippen MR) is 79.7 cm³/mol. The first-order chi connectivity index (χ1) is 10.0. The number of carboxylic acids is 1. The zero-order chi connectivity index (χ0) is 15.4. The fraction of sp³-hybridized carbons (Fsp3) is 0.214. The molecule has 1 aromatic heterocycles. The topological polar surface area (TPSA) is 92.5 Å². The molecule has 1 aromatic carbocycles. The zero-order valence-electron chi connectivity index (χ0n) is 11.3. The molecular weight excluding hydrogens is 292 g/mol. The van der Waals surface area contributed by atoms with Crippen molar-refractivity contribution in [1.82, 2.24) is 5.32 Å². The minimum absolute atomic E-state index is 0.252. The lowest BCUT2D eigenvalue weighted by Crippen LogP contribution is -2.16. The third-order valence-electron chi connectivity index (χ3n) is 3.11. The third kappa shape index (κ3) is 3.45. The highest BCUT2D eigenvalue weighted by molar-refractivity contribution is 7.10. The van der Waals surface area contributed by atoms with Crippen molar-refractivity contribution in [2.24, 2.45) is 0 Å². The molecule has 21 heavy (non-hydrogen) atoms. The number of benzene rings is 1. The number of nitrogens with one attached hydrogen (secondary N) is 1. The maximum atomic E-state index is 11.3. The Morgan fingerprint density at radius 3 is 2.71 bits per heavy atom. The van der Waals surface area contributed by atoms with Crippen molar-refractivity contribution in [3.8, 4) is 0 Å². The average Bonchev–Trinajstić information content (AvgIpc) is 2.84. The van der Waals surface area contributed by atoms with E-state index in [-0.39, 0.29) is 17.8 Å². The van der Waals surface area contributed by atoms with Crippen LogP contribution in [-0.4, -0.2) is 16.0 Å². The summed E-state index contributed by atoms with van der Waals surface area (Å²) < 4.78 is 0. The minimum atomic E-state index is -1.29. The molecule has 0 atom stereocenters. The smallest absolute Gasteiger partial charge is 0.343 e. The van der Waals surface area contributed by atoms with Crippen LogP contribution in [0.3, 0.4) is 0 Å². The summed E-state index contributed by atoms with van der Waals surface area (Å²) in [6.07, 6.45) is 0. The molecule has 0 spiro atoms. The lowest BCUT2D eigenvalue weighted by molar-refractivity contribution is -0.385. The summed E-state index contributed by atoms with van der Waals surface area (Å²) in [7, 11) is 0. The molecule has 0 aliphatic carbocycles. The molecule has 1 heterocycles. The maximum Gasteiger partial charge on any atom is 0.343 e. The van der Waals surface area contributed by atoms with Crippen molar-refractivity contribution < 1.29 is 14.8 Å². The number of aryl methyl sites for hydroxylation is 1. The van der Waals surface area contributed by atoms with Gasteiger partial charge in [-0.1, -0.05) is 12.1 Å². The Bertz CT molecular complexity index is 681. The number of nitro groups is 1. The van der Waals surface area contributed by atoms with Crippen LogP contribution in [0.5, 0.6) is 0 Å². The number of nitro benzene ring substituents is 1. The first kappa shape index (κ1) is 15.1. The second kappa shape index (κ2) is 6.47. The molecule has 2 rings (SSSR count). The Morgan fingerprint density at radius 2 is 2.14 bits per heavy atom. The van der Waals surface area contributed by atoms with Gasteiger partial charge >= 0.3 is 5.97 Å². The van der Waals surface area contributed by atoms with Gasteiger partial charge in [0.2, 0.25) is 0 Å². The number of carboxylic acid groups (broad SMARTS) is 1. The van der Waals surface area contributed by atoms with E-state index in [2.05, 4.69) is 5.32 Å². The van der Waals surface area contributed by atoms with E-state index in [1.165, 1.54) is 17.7 Å². The van der Waals surface area contributed by atoms with Crippen LogP contribution < -0.4 is 5.32 Å². The van der Waals surface area contributed by atoms with Crippen molar-refractivity contribution in [2.75, 3.05) is 0 Å². The van der Waals surface area contributed by atoms with Gasteiger partial charge < -0.3 is 10.4 Å². The van der Waals surface area contributed by atoms with Crippen LogP contribution in [-0.2, 0) is 13.1 Å². The second-order valence-electron chi connectivity index (χ2n) is 4.50. The van der Waals surface area contributed by atoms with Crippen LogP contribution in [0.15, 0.2) is 29.6 Å². The van der Waals surface area contributed by atoms with Gasteiger partial charge in [0.1, 0.15) is 5.56 Å². The summed E-state index contributed by atoms with van der Waals surface area (Å²) in [6, 6.07) is 6.30. The second-order valence-corrected chi connectivity index (χ2v) is 5.50. The molecule has 2 N–H and O–H groups in total. The SMILES string of the molecule is Cc1ccsc1CNCc1cccc([N+](=O)[O-])c1C(=O)O. The lowest BCUT2D eigenvalue weighted by atomic mass is 10.1. The van der Waals surface area contributed by atoms with Crippen LogP contribution in [0.4, 0.5) is 5.69 Å². The van der Waals surface area contributed by atoms with E-state index >= 15 is 0 Å². The van der Waals surface area contributed by atoms with E-state index < -0.39 is 10.9 Å². The van der Waals surface area contributed by atoms with Gasteiger partial charge in [0.15, 0.2) is 0 Å². The molecule has 7 heteroatoms. The van der Waals surface area contributed by atoms with Gasteiger partial charge in [-0.15, -0.1) is 11.3 Å². The molecule has 0 fully saturated rings. The molecule has 6 nitrogen and oxygen atoms in total. The molecule has 0 saturated carbocycles. The molecule has 0 bridgehead atoms. The number of hydrogen-bond acceptors (Lipinski definition) is 5. The van der Waals surface area contributed by atoms with Gasteiger partial charge in [-0.05, 0) is 29.5 Å². The summed E-state index contributed by atoms with van der Waals surface area (Å²) in [6.45, 7) is 2.87. The lowest BCUT2D eigenvalue weighted by Gasteiger charge is -2.08. The minimum Gasteiger partial charge on any atom is -0.477 e. The van der Waals surface area contributed by atoms with E-state index in [0.717, 1.165) is 4.88 Å². The predicted octanol–water partition coefficient (Wildman–Crippen LogP) is 2.95. The molecule has 0 unspecified atom stereocenters. The van der Waals surface area contributed by atoms with Crippen molar-refractivity contribution in [3.63, 3.8) is 0 Å². The summed E-state index contributed by atoms with van der Waals surface area (Å²) in [5.74, 6) is -1.29. The highest BCUT2D eigenvalue weighted by Gasteiger charge is 2.22. The van der Waals surface area contributed by atoms with Crippen LogP contribution in [0.2, 0.25) is 0 Å². The highest BCUT2D eigenvalue weighted by Crippen LogP contribution is 2.22. The molecule has 0 aliphatic heterocycles. The van der Waals surface area contributed by atoms with E-state index in [1.807, 2.05) is 18.4 Å². The largest absolute Gasteiger partial charge is 0.477 e. The van der Waals surface area contributed by atoms with Crippen LogP contribution in [0.1, 0.15) is 26.4 Å². The molecular formula is C14H14N2O4S. The first-order valence-corrected chi connectivity index (χ1v) is 7.12. The van der Waals surface area contributed by atoms with Crippen molar-refractivity contribution in [1.29, 1.82) is 0 Å². The normalized spacial score (nSPS) is 10.5. The van der Waals surface area contributed by atoms with E-state index in [1.54, 1.807) is 17.4 Å². The number of thiophene rings is 1. The Kier molecular flexibility index (Phi) is 4.66. The van der Waals surface area contributed by atoms with Crippen LogP contribution in [0.25, 0.3) is 0 Å². The quantitative estimate of drug-likeness (QED) is 0.632. The van der Waals surface area contributed by atoms with Gasteiger partial charge in [-0.3, -0.25) is 10.1 Å². The summed E-state index contributed by atoms with van der Waals surface area (Å²) in [5, 5.41) is 25.2. The molecule has 0 radical (unpaired) electrons. The maximum absolute atomic E-state index is 11.3.